The van der Waals surface area contributed by atoms with Gasteiger partial charge in [0.2, 0.25) is 0 Å². The van der Waals surface area contributed by atoms with E-state index >= 15 is 0 Å². The number of aryl methyl sites for hydroxylation is 1. The van der Waals surface area contributed by atoms with Crippen LogP contribution in [-0.2, 0) is 6.54 Å². The third-order valence-corrected chi connectivity index (χ3v) is 3.02. The van der Waals surface area contributed by atoms with Crippen LogP contribution in [0.15, 0.2) is 42.5 Å². The maximum atomic E-state index is 12.2. The summed E-state index contributed by atoms with van der Waals surface area (Å²) in [5, 5.41) is 3.17. The van der Waals surface area contributed by atoms with E-state index in [0.29, 0.717) is 6.54 Å². The molecule has 0 aromatic heterocycles. The van der Waals surface area contributed by atoms with Crippen molar-refractivity contribution in [2.45, 2.75) is 20.1 Å². The Hall–Kier alpha value is -2.30. The van der Waals surface area contributed by atoms with Gasteiger partial charge in [-0.15, -0.1) is 0 Å². The quantitative estimate of drug-likeness (QED) is 0.865. The lowest BCUT2D eigenvalue weighted by Gasteiger charge is -2.11. The minimum absolute atomic E-state index is 0.140. The van der Waals surface area contributed by atoms with E-state index in [1.54, 1.807) is 25.3 Å². The Balaban J connectivity index is 2.01. The fraction of sp³-hybridized carbons (Fsp3) is 0.250. The first-order chi connectivity index (χ1) is 10.1. The van der Waals surface area contributed by atoms with Crippen molar-refractivity contribution in [1.29, 1.82) is 0 Å². The summed E-state index contributed by atoms with van der Waals surface area (Å²) in [5.74, 6) is 0.979. The highest BCUT2D eigenvalue weighted by molar-refractivity contribution is 5.49. The normalized spacial score (nSPS) is 10.5. The van der Waals surface area contributed by atoms with Crippen molar-refractivity contribution in [1.82, 2.24) is 0 Å². The second-order valence-electron chi connectivity index (χ2n) is 4.56. The van der Waals surface area contributed by atoms with Gasteiger partial charge in [-0.2, -0.15) is 8.78 Å². The van der Waals surface area contributed by atoms with Crippen molar-refractivity contribution >= 4 is 5.69 Å². The molecule has 0 atom stereocenters. The lowest BCUT2D eigenvalue weighted by Crippen LogP contribution is -2.03. The Labute approximate surface area is 122 Å². The average molecular weight is 293 g/mol. The maximum absolute atomic E-state index is 12.2. The summed E-state index contributed by atoms with van der Waals surface area (Å²) in [6, 6.07) is 12.4. The standard InChI is InChI=1S/C16H17F2NO2/c1-11-8-12(6-7-15(11)20-2)10-19-13-4-3-5-14(9-13)21-16(17)18/h3-9,16,19H,10H2,1-2H3. The highest BCUT2D eigenvalue weighted by Crippen LogP contribution is 2.21. The number of alkyl halides is 2. The third-order valence-electron chi connectivity index (χ3n) is 3.02. The summed E-state index contributed by atoms with van der Waals surface area (Å²) in [7, 11) is 1.63. The number of anilines is 1. The first-order valence-corrected chi connectivity index (χ1v) is 6.51. The molecule has 0 fully saturated rings. The van der Waals surface area contributed by atoms with E-state index < -0.39 is 6.61 Å². The molecule has 2 rings (SSSR count). The number of nitrogens with one attached hydrogen (secondary N) is 1. The molecule has 0 saturated heterocycles. The zero-order valence-corrected chi connectivity index (χ0v) is 11.9. The van der Waals surface area contributed by atoms with E-state index in [-0.39, 0.29) is 5.75 Å². The molecule has 112 valence electrons. The Morgan fingerprint density at radius 3 is 2.62 bits per heavy atom. The van der Waals surface area contributed by atoms with Crippen LogP contribution in [0.5, 0.6) is 11.5 Å². The van der Waals surface area contributed by atoms with Crippen molar-refractivity contribution < 1.29 is 18.3 Å². The average Bonchev–Trinajstić information content (AvgIpc) is 2.45. The molecule has 5 heteroatoms. The maximum Gasteiger partial charge on any atom is 0.387 e. The number of benzene rings is 2. The lowest BCUT2D eigenvalue weighted by atomic mass is 10.1. The molecule has 0 aliphatic heterocycles. The predicted octanol–water partition coefficient (Wildman–Crippen LogP) is 4.22. The number of rotatable bonds is 6. The molecule has 2 aromatic carbocycles. The van der Waals surface area contributed by atoms with Crippen molar-refractivity contribution in [3.8, 4) is 11.5 Å². The molecule has 0 aliphatic rings. The summed E-state index contributed by atoms with van der Waals surface area (Å²) < 4.78 is 33.9. The van der Waals surface area contributed by atoms with Crippen LogP contribution < -0.4 is 14.8 Å². The molecule has 0 spiro atoms. The van der Waals surface area contributed by atoms with Gasteiger partial charge in [0, 0.05) is 18.3 Å². The van der Waals surface area contributed by atoms with E-state index in [4.69, 9.17) is 4.74 Å². The molecule has 0 aliphatic carbocycles. The van der Waals surface area contributed by atoms with Gasteiger partial charge in [0.1, 0.15) is 11.5 Å². The molecule has 3 nitrogen and oxygen atoms in total. The summed E-state index contributed by atoms with van der Waals surface area (Å²) >= 11 is 0. The van der Waals surface area contributed by atoms with Crippen molar-refractivity contribution in [2.75, 3.05) is 12.4 Å². The molecule has 0 bridgehead atoms. The van der Waals surface area contributed by atoms with Crippen LogP contribution in [0.4, 0.5) is 14.5 Å². The fourth-order valence-corrected chi connectivity index (χ4v) is 2.04. The SMILES string of the molecule is COc1ccc(CNc2cccc(OC(F)F)c2)cc1C. The zero-order valence-electron chi connectivity index (χ0n) is 11.9. The summed E-state index contributed by atoms with van der Waals surface area (Å²) in [6.07, 6.45) is 0. The van der Waals surface area contributed by atoms with Gasteiger partial charge in [-0.1, -0.05) is 18.2 Å². The van der Waals surface area contributed by atoms with Gasteiger partial charge < -0.3 is 14.8 Å². The highest BCUT2D eigenvalue weighted by atomic mass is 19.3. The summed E-state index contributed by atoms with van der Waals surface area (Å²) in [5.41, 5.74) is 2.85. The number of halogens is 2. The first-order valence-electron chi connectivity index (χ1n) is 6.51. The van der Waals surface area contributed by atoms with Crippen molar-refractivity contribution in [3.63, 3.8) is 0 Å². The van der Waals surface area contributed by atoms with Crippen molar-refractivity contribution in [2.24, 2.45) is 0 Å². The highest BCUT2D eigenvalue weighted by Gasteiger charge is 2.05. The van der Waals surface area contributed by atoms with E-state index in [9.17, 15) is 8.78 Å². The Bertz CT molecular complexity index is 603. The van der Waals surface area contributed by atoms with E-state index in [2.05, 4.69) is 10.1 Å². The third kappa shape index (κ3) is 4.34. The lowest BCUT2D eigenvalue weighted by molar-refractivity contribution is -0.0498. The van der Waals surface area contributed by atoms with Gasteiger partial charge in [0.25, 0.3) is 0 Å². The molecule has 1 N–H and O–H groups in total. The summed E-state index contributed by atoms with van der Waals surface area (Å²) in [4.78, 5) is 0. The smallest absolute Gasteiger partial charge is 0.387 e. The van der Waals surface area contributed by atoms with Crippen LogP contribution in [-0.4, -0.2) is 13.7 Å². The summed E-state index contributed by atoms with van der Waals surface area (Å²) in [6.45, 7) is -0.257. The number of hydrogen-bond acceptors (Lipinski definition) is 3. The van der Waals surface area contributed by atoms with Crippen LogP contribution in [0.1, 0.15) is 11.1 Å². The van der Waals surface area contributed by atoms with E-state index in [1.165, 1.54) is 6.07 Å². The van der Waals surface area contributed by atoms with E-state index in [0.717, 1.165) is 22.6 Å². The predicted molar refractivity (Wildman–Crippen MR) is 78.1 cm³/mol. The number of hydrogen-bond donors (Lipinski definition) is 1. The van der Waals surface area contributed by atoms with Crippen molar-refractivity contribution in [3.05, 3.63) is 53.6 Å². The minimum atomic E-state index is -2.82. The van der Waals surface area contributed by atoms with Gasteiger partial charge in [0.05, 0.1) is 7.11 Å². The topological polar surface area (TPSA) is 30.5 Å². The molecule has 2 aromatic rings. The van der Waals surface area contributed by atoms with Gasteiger partial charge in [-0.05, 0) is 36.2 Å². The monoisotopic (exact) mass is 293 g/mol. The molecular formula is C16H17F2NO2. The van der Waals surface area contributed by atoms with Gasteiger partial charge in [0.15, 0.2) is 0 Å². The van der Waals surface area contributed by atoms with Gasteiger partial charge in [-0.3, -0.25) is 0 Å². The molecular weight excluding hydrogens is 276 g/mol. The zero-order chi connectivity index (χ0) is 15.2. The molecule has 0 saturated carbocycles. The van der Waals surface area contributed by atoms with Gasteiger partial charge in [-0.25, -0.2) is 0 Å². The Morgan fingerprint density at radius 1 is 1.14 bits per heavy atom. The van der Waals surface area contributed by atoms with Crippen LogP contribution in [0, 0.1) is 6.92 Å². The second kappa shape index (κ2) is 6.92. The van der Waals surface area contributed by atoms with Crippen LogP contribution in [0.2, 0.25) is 0 Å². The number of ether oxygens (including phenoxy) is 2. The number of methoxy groups -OCH3 is 1. The van der Waals surface area contributed by atoms with Crippen LogP contribution >= 0.6 is 0 Å². The van der Waals surface area contributed by atoms with Gasteiger partial charge >= 0.3 is 6.61 Å². The Morgan fingerprint density at radius 2 is 1.95 bits per heavy atom. The second-order valence-corrected chi connectivity index (χ2v) is 4.56. The first kappa shape index (κ1) is 15.1. The van der Waals surface area contributed by atoms with Crippen LogP contribution in [0.3, 0.4) is 0 Å². The fourth-order valence-electron chi connectivity index (χ4n) is 2.04. The van der Waals surface area contributed by atoms with Crippen LogP contribution in [0.25, 0.3) is 0 Å². The molecule has 0 heterocycles. The Kier molecular flexibility index (Phi) is 4.98. The molecule has 0 unspecified atom stereocenters. The largest absolute Gasteiger partial charge is 0.496 e. The molecule has 0 radical (unpaired) electrons. The van der Waals surface area contributed by atoms with E-state index in [1.807, 2.05) is 25.1 Å². The minimum Gasteiger partial charge on any atom is -0.496 e. The molecule has 0 amide bonds. The molecule has 21 heavy (non-hydrogen) atoms.